The van der Waals surface area contributed by atoms with E-state index in [-0.39, 0.29) is 12.0 Å². The van der Waals surface area contributed by atoms with E-state index in [0.29, 0.717) is 24.4 Å². The SMILES string of the molecule is COC(=O)[C@H](C)N(Cc1nnc(C)o1)C1CCC1. The average Bonchev–Trinajstić information content (AvgIpc) is 2.69. The van der Waals surface area contributed by atoms with Crippen molar-refractivity contribution >= 4 is 5.97 Å². The van der Waals surface area contributed by atoms with Crippen molar-refractivity contribution in [3.05, 3.63) is 11.8 Å². The Labute approximate surface area is 106 Å². The van der Waals surface area contributed by atoms with Crippen molar-refractivity contribution in [2.75, 3.05) is 7.11 Å². The Morgan fingerprint density at radius 2 is 2.28 bits per heavy atom. The van der Waals surface area contributed by atoms with E-state index < -0.39 is 0 Å². The van der Waals surface area contributed by atoms with Crippen LogP contribution in [0.4, 0.5) is 0 Å². The van der Waals surface area contributed by atoms with Crippen LogP contribution in [0.1, 0.15) is 38.0 Å². The van der Waals surface area contributed by atoms with Crippen molar-refractivity contribution in [1.82, 2.24) is 15.1 Å². The molecule has 1 aliphatic rings. The minimum absolute atomic E-state index is 0.224. The quantitative estimate of drug-likeness (QED) is 0.737. The largest absolute Gasteiger partial charge is 0.468 e. The van der Waals surface area contributed by atoms with Gasteiger partial charge in [-0.3, -0.25) is 9.69 Å². The molecule has 18 heavy (non-hydrogen) atoms. The molecule has 0 N–H and O–H groups in total. The summed E-state index contributed by atoms with van der Waals surface area (Å²) in [4.78, 5) is 13.7. The predicted octanol–water partition coefficient (Wildman–Crippen LogP) is 1.29. The van der Waals surface area contributed by atoms with E-state index in [1.54, 1.807) is 6.92 Å². The number of ether oxygens (including phenoxy) is 1. The standard InChI is InChI=1S/C12H19N3O3/c1-8(12(16)17-3)15(10-5-4-6-10)7-11-14-13-9(2)18-11/h8,10H,4-7H2,1-3H3/t8-/m0/s1. The Morgan fingerprint density at radius 3 is 2.72 bits per heavy atom. The third-order valence-electron chi connectivity index (χ3n) is 3.47. The fourth-order valence-corrected chi connectivity index (χ4v) is 2.16. The molecule has 0 saturated heterocycles. The molecule has 0 amide bonds. The zero-order valence-electron chi connectivity index (χ0n) is 11.0. The number of aryl methyl sites for hydroxylation is 1. The molecular formula is C12H19N3O3. The maximum atomic E-state index is 11.7. The summed E-state index contributed by atoms with van der Waals surface area (Å²) in [7, 11) is 1.41. The van der Waals surface area contributed by atoms with E-state index in [1.165, 1.54) is 13.5 Å². The van der Waals surface area contributed by atoms with Gasteiger partial charge in [-0.2, -0.15) is 0 Å². The second-order valence-corrected chi connectivity index (χ2v) is 4.67. The lowest BCUT2D eigenvalue weighted by molar-refractivity contribution is -0.148. The van der Waals surface area contributed by atoms with Crippen LogP contribution in [-0.2, 0) is 16.1 Å². The average molecular weight is 253 g/mol. The topological polar surface area (TPSA) is 68.5 Å². The Hall–Kier alpha value is -1.43. The van der Waals surface area contributed by atoms with Crippen LogP contribution in [0.3, 0.4) is 0 Å². The lowest BCUT2D eigenvalue weighted by atomic mass is 9.90. The van der Waals surface area contributed by atoms with Gasteiger partial charge in [0.15, 0.2) is 0 Å². The van der Waals surface area contributed by atoms with Crippen LogP contribution in [0, 0.1) is 6.92 Å². The monoisotopic (exact) mass is 253 g/mol. The van der Waals surface area contributed by atoms with Gasteiger partial charge in [0.2, 0.25) is 11.8 Å². The Kier molecular flexibility index (Phi) is 3.96. The highest BCUT2D eigenvalue weighted by molar-refractivity contribution is 5.75. The van der Waals surface area contributed by atoms with Gasteiger partial charge in [0, 0.05) is 13.0 Å². The van der Waals surface area contributed by atoms with Crippen molar-refractivity contribution in [2.24, 2.45) is 0 Å². The van der Waals surface area contributed by atoms with Crippen molar-refractivity contribution < 1.29 is 13.9 Å². The van der Waals surface area contributed by atoms with Crippen LogP contribution >= 0.6 is 0 Å². The molecule has 6 heteroatoms. The number of methoxy groups -OCH3 is 1. The van der Waals surface area contributed by atoms with Crippen LogP contribution in [0.2, 0.25) is 0 Å². The Bertz CT molecular complexity index is 414. The van der Waals surface area contributed by atoms with Crippen LogP contribution in [0.5, 0.6) is 0 Å². The van der Waals surface area contributed by atoms with Gasteiger partial charge in [-0.25, -0.2) is 0 Å². The maximum absolute atomic E-state index is 11.7. The third-order valence-corrected chi connectivity index (χ3v) is 3.47. The summed E-state index contributed by atoms with van der Waals surface area (Å²) in [6.07, 6.45) is 3.42. The van der Waals surface area contributed by atoms with E-state index in [0.717, 1.165) is 12.8 Å². The first-order valence-electron chi connectivity index (χ1n) is 6.24. The summed E-state index contributed by atoms with van der Waals surface area (Å²) < 4.78 is 10.2. The molecule has 0 unspecified atom stereocenters. The van der Waals surface area contributed by atoms with Gasteiger partial charge >= 0.3 is 5.97 Å². The summed E-state index contributed by atoms with van der Waals surface area (Å²) in [6, 6.07) is 0.124. The summed E-state index contributed by atoms with van der Waals surface area (Å²) >= 11 is 0. The highest BCUT2D eigenvalue weighted by atomic mass is 16.5. The van der Waals surface area contributed by atoms with Crippen LogP contribution in [0.15, 0.2) is 4.42 Å². The Balaban J connectivity index is 2.07. The second-order valence-electron chi connectivity index (χ2n) is 4.67. The smallest absolute Gasteiger partial charge is 0.322 e. The van der Waals surface area contributed by atoms with Gasteiger partial charge in [0.05, 0.1) is 13.7 Å². The van der Waals surface area contributed by atoms with Gasteiger partial charge in [-0.05, 0) is 19.8 Å². The summed E-state index contributed by atoms with van der Waals surface area (Å²) in [6.45, 7) is 4.11. The number of hydrogen-bond donors (Lipinski definition) is 0. The van der Waals surface area contributed by atoms with Gasteiger partial charge in [-0.15, -0.1) is 10.2 Å². The van der Waals surface area contributed by atoms with E-state index >= 15 is 0 Å². The van der Waals surface area contributed by atoms with Crippen LogP contribution in [0.25, 0.3) is 0 Å². The normalized spacial score (nSPS) is 17.6. The number of carbonyl (C=O) groups is 1. The first-order valence-corrected chi connectivity index (χ1v) is 6.24. The zero-order valence-corrected chi connectivity index (χ0v) is 11.0. The number of hydrogen-bond acceptors (Lipinski definition) is 6. The molecule has 2 rings (SSSR count). The molecule has 0 aromatic carbocycles. The minimum atomic E-state index is -0.285. The number of aromatic nitrogens is 2. The van der Waals surface area contributed by atoms with Gasteiger partial charge < -0.3 is 9.15 Å². The molecule has 0 radical (unpaired) electrons. The first-order chi connectivity index (χ1) is 8.61. The summed E-state index contributed by atoms with van der Waals surface area (Å²) in [5.74, 6) is 0.873. The molecular weight excluding hydrogens is 234 g/mol. The molecule has 6 nitrogen and oxygen atoms in total. The zero-order chi connectivity index (χ0) is 13.1. The molecule has 0 aliphatic heterocycles. The molecule has 1 aromatic rings. The second kappa shape index (κ2) is 5.48. The maximum Gasteiger partial charge on any atom is 0.322 e. The van der Waals surface area contributed by atoms with E-state index in [2.05, 4.69) is 15.1 Å². The fraction of sp³-hybridized carbons (Fsp3) is 0.750. The fourth-order valence-electron chi connectivity index (χ4n) is 2.16. The third kappa shape index (κ3) is 2.69. The highest BCUT2D eigenvalue weighted by Crippen LogP contribution is 2.28. The van der Waals surface area contributed by atoms with Gasteiger partial charge in [0.25, 0.3) is 0 Å². The summed E-state index contributed by atoms with van der Waals surface area (Å²) in [5.41, 5.74) is 0. The van der Waals surface area contributed by atoms with Crippen LogP contribution in [-0.4, -0.2) is 40.3 Å². The lowest BCUT2D eigenvalue weighted by Crippen LogP contribution is -2.48. The van der Waals surface area contributed by atoms with Gasteiger partial charge in [0.1, 0.15) is 6.04 Å². The van der Waals surface area contributed by atoms with Gasteiger partial charge in [-0.1, -0.05) is 6.42 Å². The molecule has 1 aliphatic carbocycles. The molecule has 0 bridgehead atoms. The van der Waals surface area contributed by atoms with Crippen molar-refractivity contribution in [3.63, 3.8) is 0 Å². The van der Waals surface area contributed by atoms with E-state index in [1.807, 2.05) is 6.92 Å². The number of esters is 1. The Morgan fingerprint density at radius 1 is 1.56 bits per heavy atom. The van der Waals surface area contributed by atoms with E-state index in [4.69, 9.17) is 9.15 Å². The minimum Gasteiger partial charge on any atom is -0.468 e. The molecule has 1 atom stereocenters. The number of nitrogens with zero attached hydrogens (tertiary/aromatic N) is 3. The molecule has 1 aromatic heterocycles. The lowest BCUT2D eigenvalue weighted by Gasteiger charge is -2.39. The van der Waals surface area contributed by atoms with Crippen molar-refractivity contribution in [1.29, 1.82) is 0 Å². The molecule has 0 spiro atoms. The number of rotatable bonds is 5. The number of carbonyl (C=O) groups excluding carboxylic acids is 1. The molecule has 1 saturated carbocycles. The molecule has 1 heterocycles. The summed E-state index contributed by atoms with van der Waals surface area (Å²) in [5, 5.41) is 7.79. The van der Waals surface area contributed by atoms with Crippen LogP contribution < -0.4 is 0 Å². The van der Waals surface area contributed by atoms with E-state index in [9.17, 15) is 4.79 Å². The predicted molar refractivity (Wildman–Crippen MR) is 63.7 cm³/mol. The first kappa shape index (κ1) is 13.0. The van der Waals surface area contributed by atoms with Crippen molar-refractivity contribution in [3.8, 4) is 0 Å². The highest BCUT2D eigenvalue weighted by Gasteiger charge is 2.33. The molecule has 1 fully saturated rings. The van der Waals surface area contributed by atoms with Crippen molar-refractivity contribution in [2.45, 2.75) is 51.7 Å². The molecule has 100 valence electrons.